The number of hydrogen-bond acceptors (Lipinski definition) is 1. The maximum Gasteiger partial charge on any atom is 0.147 e. The number of ketones is 1. The minimum atomic E-state index is -0.241. The van der Waals surface area contributed by atoms with Crippen LogP contribution in [0.1, 0.15) is 17.7 Å². The Labute approximate surface area is 86.1 Å². The van der Waals surface area contributed by atoms with E-state index in [0.717, 1.165) is 16.6 Å². The van der Waals surface area contributed by atoms with Crippen molar-refractivity contribution in [3.63, 3.8) is 0 Å². The second kappa shape index (κ2) is 2.92. The summed E-state index contributed by atoms with van der Waals surface area (Å²) in [6.07, 6.45) is 1.72. The van der Waals surface area contributed by atoms with Crippen LogP contribution in [-0.4, -0.2) is 10.8 Å². The first-order valence-corrected chi connectivity index (χ1v) is 5.05. The molecule has 1 aliphatic carbocycles. The fourth-order valence-electron chi connectivity index (χ4n) is 2.26. The lowest BCUT2D eigenvalue weighted by molar-refractivity contribution is -0.118. The SMILES string of the molecule is O=C1CCc2[nH]c3c(F)cccc3c2C1. The first-order chi connectivity index (χ1) is 7.25. The molecule has 0 radical (unpaired) electrons. The Morgan fingerprint density at radius 2 is 2.13 bits per heavy atom. The van der Waals surface area contributed by atoms with Gasteiger partial charge in [0.15, 0.2) is 0 Å². The number of nitrogens with one attached hydrogen (secondary N) is 1. The standard InChI is InChI=1S/C12H10FNO/c13-10-3-1-2-8-9-6-7(15)4-5-11(9)14-12(8)10/h1-3,14H,4-6H2. The van der Waals surface area contributed by atoms with E-state index < -0.39 is 0 Å². The van der Waals surface area contributed by atoms with E-state index in [9.17, 15) is 9.18 Å². The molecule has 2 nitrogen and oxygen atoms in total. The van der Waals surface area contributed by atoms with Crippen molar-refractivity contribution < 1.29 is 9.18 Å². The van der Waals surface area contributed by atoms with Crippen LogP contribution in [0.3, 0.4) is 0 Å². The van der Waals surface area contributed by atoms with Gasteiger partial charge in [-0.2, -0.15) is 0 Å². The molecule has 1 N–H and O–H groups in total. The highest BCUT2D eigenvalue weighted by Gasteiger charge is 2.20. The minimum absolute atomic E-state index is 0.241. The number of aromatic amines is 1. The van der Waals surface area contributed by atoms with Crippen LogP contribution < -0.4 is 0 Å². The molecule has 0 saturated carbocycles. The monoisotopic (exact) mass is 203 g/mol. The zero-order chi connectivity index (χ0) is 10.4. The molecule has 1 aliphatic rings. The zero-order valence-electron chi connectivity index (χ0n) is 8.14. The van der Waals surface area contributed by atoms with E-state index in [2.05, 4.69) is 4.98 Å². The minimum Gasteiger partial charge on any atom is -0.356 e. The van der Waals surface area contributed by atoms with Gasteiger partial charge in [0.05, 0.1) is 5.52 Å². The summed E-state index contributed by atoms with van der Waals surface area (Å²) in [6.45, 7) is 0. The van der Waals surface area contributed by atoms with Crippen molar-refractivity contribution in [1.29, 1.82) is 0 Å². The van der Waals surface area contributed by atoms with E-state index in [1.807, 2.05) is 6.07 Å². The Morgan fingerprint density at radius 3 is 3.00 bits per heavy atom. The first kappa shape index (κ1) is 8.65. The predicted molar refractivity (Wildman–Crippen MR) is 55.3 cm³/mol. The summed E-state index contributed by atoms with van der Waals surface area (Å²) in [5.74, 6) is 0.00186. The van der Waals surface area contributed by atoms with Gasteiger partial charge in [-0.05, 0) is 18.1 Å². The number of Topliss-reactive ketones (excluding diaryl/α,β-unsaturated/α-hetero) is 1. The van der Waals surface area contributed by atoms with Crippen molar-refractivity contribution in [1.82, 2.24) is 4.98 Å². The van der Waals surface area contributed by atoms with Crippen molar-refractivity contribution in [2.24, 2.45) is 0 Å². The highest BCUT2D eigenvalue weighted by atomic mass is 19.1. The number of aromatic nitrogens is 1. The smallest absolute Gasteiger partial charge is 0.147 e. The molecule has 76 valence electrons. The molecule has 15 heavy (non-hydrogen) atoms. The summed E-state index contributed by atoms with van der Waals surface area (Å²) in [6, 6.07) is 4.99. The van der Waals surface area contributed by atoms with Gasteiger partial charge in [0.25, 0.3) is 0 Å². The van der Waals surface area contributed by atoms with Crippen LogP contribution in [-0.2, 0) is 17.6 Å². The quantitative estimate of drug-likeness (QED) is 0.700. The predicted octanol–water partition coefficient (Wildman–Crippen LogP) is 2.36. The van der Waals surface area contributed by atoms with Gasteiger partial charge in [-0.1, -0.05) is 12.1 Å². The number of fused-ring (bicyclic) bond motifs is 3. The lowest BCUT2D eigenvalue weighted by Crippen LogP contribution is -2.11. The van der Waals surface area contributed by atoms with Gasteiger partial charge in [0.2, 0.25) is 0 Å². The fraction of sp³-hybridized carbons (Fsp3) is 0.250. The molecule has 2 aromatic rings. The number of carbonyl (C=O) groups is 1. The third-order valence-corrected chi connectivity index (χ3v) is 3.01. The maximum absolute atomic E-state index is 13.5. The van der Waals surface area contributed by atoms with Crippen LogP contribution in [0, 0.1) is 5.82 Å². The number of hydrogen-bond donors (Lipinski definition) is 1. The lowest BCUT2D eigenvalue weighted by Gasteiger charge is -2.09. The van der Waals surface area contributed by atoms with Crippen LogP contribution in [0.25, 0.3) is 10.9 Å². The van der Waals surface area contributed by atoms with E-state index >= 15 is 0 Å². The van der Waals surface area contributed by atoms with Gasteiger partial charge in [-0.25, -0.2) is 4.39 Å². The second-order valence-electron chi connectivity index (χ2n) is 3.96. The lowest BCUT2D eigenvalue weighted by atomic mass is 9.95. The topological polar surface area (TPSA) is 32.9 Å². The van der Waals surface area contributed by atoms with E-state index in [1.54, 1.807) is 6.07 Å². The van der Waals surface area contributed by atoms with Gasteiger partial charge in [-0.15, -0.1) is 0 Å². The van der Waals surface area contributed by atoms with E-state index in [4.69, 9.17) is 0 Å². The molecule has 3 heteroatoms. The molecule has 0 fully saturated rings. The van der Waals surface area contributed by atoms with Gasteiger partial charge in [0.1, 0.15) is 11.6 Å². The molecule has 0 bridgehead atoms. The first-order valence-electron chi connectivity index (χ1n) is 5.05. The number of benzene rings is 1. The van der Waals surface area contributed by atoms with Crippen LogP contribution in [0.2, 0.25) is 0 Å². The number of para-hydroxylation sites is 1. The molecule has 3 rings (SSSR count). The number of halogens is 1. The molecule has 0 spiro atoms. The molecule has 0 atom stereocenters. The van der Waals surface area contributed by atoms with E-state index in [-0.39, 0.29) is 11.6 Å². The molecule has 1 aromatic heterocycles. The van der Waals surface area contributed by atoms with Crippen LogP contribution in [0.5, 0.6) is 0 Å². The molecule has 1 heterocycles. The number of aryl methyl sites for hydroxylation is 1. The van der Waals surface area contributed by atoms with Crippen LogP contribution in [0.15, 0.2) is 18.2 Å². The second-order valence-corrected chi connectivity index (χ2v) is 3.96. The molecule has 1 aromatic carbocycles. The number of H-pyrrole nitrogens is 1. The van der Waals surface area contributed by atoms with E-state index in [0.29, 0.717) is 24.8 Å². The summed E-state index contributed by atoms with van der Waals surface area (Å²) in [4.78, 5) is 14.4. The van der Waals surface area contributed by atoms with Gasteiger partial charge >= 0.3 is 0 Å². The number of rotatable bonds is 0. The third kappa shape index (κ3) is 1.19. The fourth-order valence-corrected chi connectivity index (χ4v) is 2.26. The van der Waals surface area contributed by atoms with Gasteiger partial charge in [0, 0.05) is 23.9 Å². The summed E-state index contributed by atoms with van der Waals surface area (Å²) < 4.78 is 13.5. The average Bonchev–Trinajstić information content (AvgIpc) is 2.58. The van der Waals surface area contributed by atoms with Crippen molar-refractivity contribution in [3.8, 4) is 0 Å². The Balaban J connectivity index is 2.33. The summed E-state index contributed by atoms with van der Waals surface area (Å²) in [5, 5.41) is 0.859. The highest BCUT2D eigenvalue weighted by molar-refractivity contribution is 5.93. The zero-order valence-corrected chi connectivity index (χ0v) is 8.14. The van der Waals surface area contributed by atoms with Crippen molar-refractivity contribution >= 4 is 16.7 Å². The largest absolute Gasteiger partial charge is 0.356 e. The maximum atomic E-state index is 13.5. The summed E-state index contributed by atoms with van der Waals surface area (Å²) >= 11 is 0. The Kier molecular flexibility index (Phi) is 1.69. The Bertz CT molecular complexity index is 556. The normalized spacial score (nSPS) is 15.7. The molecular weight excluding hydrogens is 193 g/mol. The van der Waals surface area contributed by atoms with Crippen molar-refractivity contribution in [2.45, 2.75) is 19.3 Å². The molecular formula is C12H10FNO. The Morgan fingerprint density at radius 1 is 1.27 bits per heavy atom. The molecule has 0 saturated heterocycles. The highest BCUT2D eigenvalue weighted by Crippen LogP contribution is 2.28. The summed E-state index contributed by atoms with van der Waals surface area (Å²) in [5.41, 5.74) is 2.55. The van der Waals surface area contributed by atoms with Crippen molar-refractivity contribution in [2.75, 3.05) is 0 Å². The summed E-state index contributed by atoms with van der Waals surface area (Å²) in [7, 11) is 0. The average molecular weight is 203 g/mol. The third-order valence-electron chi connectivity index (χ3n) is 3.01. The Hall–Kier alpha value is -1.64. The molecule has 0 aliphatic heterocycles. The van der Waals surface area contributed by atoms with Crippen LogP contribution >= 0.6 is 0 Å². The molecule has 0 amide bonds. The number of carbonyl (C=O) groups excluding carboxylic acids is 1. The van der Waals surface area contributed by atoms with Crippen molar-refractivity contribution in [3.05, 3.63) is 35.3 Å². The van der Waals surface area contributed by atoms with Gasteiger partial charge in [-0.3, -0.25) is 4.79 Å². The van der Waals surface area contributed by atoms with Crippen LogP contribution in [0.4, 0.5) is 4.39 Å². The van der Waals surface area contributed by atoms with Gasteiger partial charge < -0.3 is 4.98 Å². The van der Waals surface area contributed by atoms with E-state index in [1.165, 1.54) is 6.07 Å². The molecule has 0 unspecified atom stereocenters.